The summed E-state index contributed by atoms with van der Waals surface area (Å²) >= 11 is 5.37. The van der Waals surface area contributed by atoms with Gasteiger partial charge in [-0.05, 0) is 6.92 Å². The molecule has 0 spiro atoms. The normalized spacial score (nSPS) is 15.3. The zero-order valence-corrected chi connectivity index (χ0v) is 11.0. The van der Waals surface area contributed by atoms with E-state index in [0.29, 0.717) is 13.1 Å². The van der Waals surface area contributed by atoms with Crippen LogP contribution in [0, 0.1) is 0 Å². The minimum atomic E-state index is -3.26. The first-order valence-corrected chi connectivity index (χ1v) is 7.26. The molecule has 0 saturated carbocycles. The number of aliphatic hydroxyl groups is 2. The molecule has 0 rings (SSSR count). The van der Waals surface area contributed by atoms with Gasteiger partial charge in [0.25, 0.3) is 0 Å². The van der Waals surface area contributed by atoms with Crippen LogP contribution in [-0.4, -0.2) is 60.4 Å². The molecule has 2 N–H and O–H groups in total. The van der Waals surface area contributed by atoms with E-state index in [-0.39, 0.29) is 32.2 Å². The third-order valence-electron chi connectivity index (χ3n) is 1.78. The molecular weight excluding hydrogens is 257 g/mol. The van der Waals surface area contributed by atoms with Crippen LogP contribution in [0.4, 0.5) is 0 Å². The molecule has 0 aliphatic carbocycles. The van der Waals surface area contributed by atoms with Crippen molar-refractivity contribution in [2.24, 2.45) is 0 Å². The minimum absolute atomic E-state index is 0.00861. The van der Waals surface area contributed by atoms with Crippen molar-refractivity contribution in [3.05, 3.63) is 0 Å². The van der Waals surface area contributed by atoms with E-state index in [4.69, 9.17) is 30.9 Å². The molecule has 0 fully saturated rings. The van der Waals surface area contributed by atoms with Crippen LogP contribution in [0.1, 0.15) is 6.92 Å². The molecule has 0 aromatic heterocycles. The van der Waals surface area contributed by atoms with Crippen LogP contribution in [0.5, 0.6) is 0 Å². The molecule has 98 valence electrons. The highest BCUT2D eigenvalue weighted by molar-refractivity contribution is 7.53. The molecule has 1 unspecified atom stereocenters. The highest BCUT2D eigenvalue weighted by atomic mass is 35.5. The maximum Gasteiger partial charge on any atom is 0.345 e. The second-order valence-corrected chi connectivity index (χ2v) is 5.21. The Balaban J connectivity index is 4.36. The van der Waals surface area contributed by atoms with Gasteiger partial charge >= 0.3 is 7.60 Å². The van der Waals surface area contributed by atoms with Crippen LogP contribution >= 0.6 is 19.2 Å². The SMILES string of the molecule is CCOP(=O)(CN(CCO)CCO)OCCl. The molecule has 0 bridgehead atoms. The molecule has 16 heavy (non-hydrogen) atoms. The van der Waals surface area contributed by atoms with Crippen molar-refractivity contribution in [2.45, 2.75) is 6.92 Å². The first-order chi connectivity index (χ1) is 7.61. The number of alkyl halides is 1. The summed E-state index contributed by atoms with van der Waals surface area (Å²) in [6, 6.07) is -0.219. The summed E-state index contributed by atoms with van der Waals surface area (Å²) in [7, 11) is -3.26. The van der Waals surface area contributed by atoms with E-state index < -0.39 is 7.60 Å². The van der Waals surface area contributed by atoms with Gasteiger partial charge in [0.1, 0.15) is 12.4 Å². The largest absolute Gasteiger partial charge is 0.395 e. The minimum Gasteiger partial charge on any atom is -0.395 e. The molecule has 0 heterocycles. The molecule has 0 radical (unpaired) electrons. The summed E-state index contributed by atoms with van der Waals surface area (Å²) in [5, 5.41) is 17.6. The molecule has 0 aromatic carbocycles. The number of nitrogens with zero attached hydrogens (tertiary/aromatic N) is 1. The van der Waals surface area contributed by atoms with Crippen LogP contribution in [0.3, 0.4) is 0 Å². The first kappa shape index (κ1) is 16.3. The maximum absolute atomic E-state index is 12.0. The number of aliphatic hydroxyl groups excluding tert-OH is 2. The lowest BCUT2D eigenvalue weighted by Gasteiger charge is -2.25. The van der Waals surface area contributed by atoms with Crippen molar-refractivity contribution in [3.8, 4) is 0 Å². The smallest absolute Gasteiger partial charge is 0.345 e. The lowest BCUT2D eigenvalue weighted by molar-refractivity contribution is 0.158. The monoisotopic (exact) mass is 275 g/mol. The van der Waals surface area contributed by atoms with Crippen LogP contribution in [0.25, 0.3) is 0 Å². The van der Waals surface area contributed by atoms with Gasteiger partial charge in [-0.15, -0.1) is 0 Å². The van der Waals surface area contributed by atoms with Crippen molar-refractivity contribution >= 4 is 19.2 Å². The van der Waals surface area contributed by atoms with Gasteiger partial charge in [0.15, 0.2) is 0 Å². The summed E-state index contributed by atoms with van der Waals surface area (Å²) in [5.74, 6) is 0. The Bertz CT molecular complexity index is 203. The Kier molecular flexibility index (Phi) is 9.55. The Morgan fingerprint density at radius 3 is 2.19 bits per heavy atom. The van der Waals surface area contributed by atoms with Gasteiger partial charge in [0.2, 0.25) is 0 Å². The predicted octanol–water partition coefficient (Wildman–Crippen LogP) is 0.673. The molecule has 6 nitrogen and oxygen atoms in total. The second-order valence-electron chi connectivity index (χ2n) is 2.97. The average Bonchev–Trinajstić information content (AvgIpc) is 2.18. The Labute approximate surface area is 101 Å². The zero-order valence-electron chi connectivity index (χ0n) is 9.34. The standard InChI is InChI=1S/C8H19ClNO5P/c1-2-14-16(13,15-7-9)8-10(3-5-11)4-6-12/h11-12H,2-8H2,1H3. The molecular formula is C8H19ClNO5P. The number of halogens is 1. The quantitative estimate of drug-likeness (QED) is 0.451. The number of hydrogen-bond donors (Lipinski definition) is 2. The van der Waals surface area contributed by atoms with Crippen LogP contribution in [0.15, 0.2) is 0 Å². The highest BCUT2D eigenvalue weighted by Crippen LogP contribution is 2.48. The zero-order chi connectivity index (χ0) is 12.4. The van der Waals surface area contributed by atoms with Crippen LogP contribution in [0.2, 0.25) is 0 Å². The van der Waals surface area contributed by atoms with Gasteiger partial charge in [-0.2, -0.15) is 0 Å². The highest BCUT2D eigenvalue weighted by Gasteiger charge is 2.26. The summed E-state index contributed by atoms with van der Waals surface area (Å²) < 4.78 is 22.0. The second kappa shape index (κ2) is 9.36. The number of hydrogen-bond acceptors (Lipinski definition) is 6. The summed E-state index contributed by atoms with van der Waals surface area (Å²) in [6.07, 6.45) is 0.00861. The van der Waals surface area contributed by atoms with Crippen molar-refractivity contribution in [3.63, 3.8) is 0 Å². The molecule has 0 aliphatic heterocycles. The van der Waals surface area contributed by atoms with Crippen molar-refractivity contribution in [1.82, 2.24) is 4.90 Å². The molecule has 0 aliphatic rings. The summed E-state index contributed by atoms with van der Waals surface area (Å²) in [6.45, 7) is 2.36. The van der Waals surface area contributed by atoms with Crippen molar-refractivity contribution < 1.29 is 23.8 Å². The van der Waals surface area contributed by atoms with E-state index in [1.54, 1.807) is 11.8 Å². The van der Waals surface area contributed by atoms with E-state index in [0.717, 1.165) is 0 Å². The van der Waals surface area contributed by atoms with Gasteiger partial charge in [0.05, 0.1) is 19.8 Å². The molecule has 0 aromatic rings. The first-order valence-electron chi connectivity index (χ1n) is 5.00. The average molecular weight is 276 g/mol. The maximum atomic E-state index is 12.0. The number of rotatable bonds is 10. The topological polar surface area (TPSA) is 79.2 Å². The summed E-state index contributed by atoms with van der Waals surface area (Å²) in [5.41, 5.74) is 0. The third kappa shape index (κ3) is 6.81. The fourth-order valence-electron chi connectivity index (χ4n) is 1.17. The summed E-state index contributed by atoms with van der Waals surface area (Å²) in [4.78, 5) is 1.60. The van der Waals surface area contributed by atoms with E-state index in [9.17, 15) is 4.57 Å². The van der Waals surface area contributed by atoms with Crippen LogP contribution in [-0.2, 0) is 13.6 Å². The Morgan fingerprint density at radius 2 is 1.81 bits per heavy atom. The molecule has 8 heteroatoms. The van der Waals surface area contributed by atoms with Gasteiger partial charge in [-0.3, -0.25) is 14.0 Å². The van der Waals surface area contributed by atoms with Crippen molar-refractivity contribution in [2.75, 3.05) is 45.3 Å². The molecule has 1 atom stereocenters. The fraction of sp³-hybridized carbons (Fsp3) is 1.00. The van der Waals surface area contributed by atoms with Gasteiger partial charge in [-0.25, -0.2) is 0 Å². The van der Waals surface area contributed by atoms with Gasteiger partial charge < -0.3 is 14.7 Å². The Morgan fingerprint density at radius 1 is 1.25 bits per heavy atom. The molecule has 0 saturated heterocycles. The van der Waals surface area contributed by atoms with E-state index in [1.807, 2.05) is 0 Å². The predicted molar refractivity (Wildman–Crippen MR) is 61.6 cm³/mol. The van der Waals surface area contributed by atoms with E-state index in [2.05, 4.69) is 0 Å². The Hall–Kier alpha value is 0.320. The lowest BCUT2D eigenvalue weighted by atomic mass is 10.5. The van der Waals surface area contributed by atoms with E-state index >= 15 is 0 Å². The third-order valence-corrected chi connectivity index (χ3v) is 3.96. The van der Waals surface area contributed by atoms with Gasteiger partial charge in [0, 0.05) is 13.1 Å². The van der Waals surface area contributed by atoms with Gasteiger partial charge in [-0.1, -0.05) is 11.6 Å². The van der Waals surface area contributed by atoms with Crippen molar-refractivity contribution in [1.29, 1.82) is 0 Å². The van der Waals surface area contributed by atoms with E-state index in [1.165, 1.54) is 0 Å². The van der Waals surface area contributed by atoms with Crippen LogP contribution < -0.4 is 0 Å². The lowest BCUT2D eigenvalue weighted by Crippen LogP contribution is -2.31. The molecule has 0 amide bonds. The fourth-order valence-corrected chi connectivity index (χ4v) is 3.17.